The highest BCUT2D eigenvalue weighted by atomic mass is 32.2. The van der Waals surface area contributed by atoms with Crippen molar-refractivity contribution in [3.05, 3.63) is 0 Å². The molecular formula is C10H21NO3S. The van der Waals surface area contributed by atoms with Gasteiger partial charge in [-0.2, -0.15) is 0 Å². The maximum Gasteiger partial charge on any atom is 0.151 e. The Morgan fingerprint density at radius 1 is 1.47 bits per heavy atom. The Morgan fingerprint density at radius 3 is 2.67 bits per heavy atom. The summed E-state index contributed by atoms with van der Waals surface area (Å²) in [5.41, 5.74) is 0. The zero-order valence-corrected chi connectivity index (χ0v) is 10.3. The molecule has 1 aliphatic carbocycles. The molecule has 0 bridgehead atoms. The van der Waals surface area contributed by atoms with Gasteiger partial charge in [0.15, 0.2) is 9.84 Å². The van der Waals surface area contributed by atoms with Gasteiger partial charge in [0.1, 0.15) is 0 Å². The number of hydrogen-bond donors (Lipinski definition) is 2. The van der Waals surface area contributed by atoms with Gasteiger partial charge in [0.2, 0.25) is 0 Å². The molecule has 0 spiro atoms. The van der Waals surface area contributed by atoms with Crippen LogP contribution >= 0.6 is 0 Å². The number of sulfone groups is 1. The fraction of sp³-hybridized carbons (Fsp3) is 1.00. The Balaban J connectivity index is 2.54. The summed E-state index contributed by atoms with van der Waals surface area (Å²) in [4.78, 5) is 0. The van der Waals surface area contributed by atoms with Gasteiger partial charge in [-0.15, -0.1) is 0 Å². The predicted molar refractivity (Wildman–Crippen MR) is 60.6 cm³/mol. The maximum absolute atomic E-state index is 11.5. The molecule has 4 nitrogen and oxygen atoms in total. The number of aliphatic hydroxyl groups excluding tert-OH is 1. The molecule has 5 heteroatoms. The molecule has 0 heterocycles. The third kappa shape index (κ3) is 3.74. The smallest absolute Gasteiger partial charge is 0.151 e. The summed E-state index contributed by atoms with van der Waals surface area (Å²) in [7, 11) is -2.94. The minimum absolute atomic E-state index is 0.0709. The van der Waals surface area contributed by atoms with Crippen LogP contribution in [-0.4, -0.2) is 43.7 Å². The van der Waals surface area contributed by atoms with Gasteiger partial charge in [-0.05, 0) is 26.2 Å². The molecule has 0 aliphatic heterocycles. The molecule has 2 unspecified atom stereocenters. The molecule has 0 aromatic carbocycles. The molecule has 1 rings (SSSR count). The topological polar surface area (TPSA) is 66.4 Å². The van der Waals surface area contributed by atoms with Crippen molar-refractivity contribution < 1.29 is 13.5 Å². The van der Waals surface area contributed by atoms with Crippen LogP contribution in [0.1, 0.15) is 32.6 Å². The SMILES string of the molecule is C[C@H](CCO)NC1CCCC1S(C)(=O)=O. The van der Waals surface area contributed by atoms with E-state index in [9.17, 15) is 8.42 Å². The third-order valence-corrected chi connectivity index (χ3v) is 4.73. The fourth-order valence-electron chi connectivity index (χ4n) is 2.27. The summed E-state index contributed by atoms with van der Waals surface area (Å²) in [6, 6.07) is 0.254. The molecule has 0 aromatic heterocycles. The molecule has 0 radical (unpaired) electrons. The minimum atomic E-state index is -2.94. The van der Waals surface area contributed by atoms with Crippen molar-refractivity contribution >= 4 is 9.84 Å². The van der Waals surface area contributed by atoms with E-state index in [1.165, 1.54) is 6.26 Å². The van der Waals surface area contributed by atoms with Crippen LogP contribution < -0.4 is 5.32 Å². The van der Waals surface area contributed by atoms with E-state index in [0.717, 1.165) is 19.3 Å². The fourth-order valence-corrected chi connectivity index (χ4v) is 3.68. The highest BCUT2D eigenvalue weighted by Crippen LogP contribution is 2.25. The molecule has 15 heavy (non-hydrogen) atoms. The third-order valence-electron chi connectivity index (χ3n) is 3.06. The first-order valence-electron chi connectivity index (χ1n) is 5.51. The number of hydrogen-bond acceptors (Lipinski definition) is 4. The lowest BCUT2D eigenvalue weighted by Gasteiger charge is -2.23. The number of aliphatic hydroxyl groups is 1. The first-order valence-corrected chi connectivity index (χ1v) is 7.46. The highest BCUT2D eigenvalue weighted by Gasteiger charge is 2.34. The molecule has 1 saturated carbocycles. The van der Waals surface area contributed by atoms with Crippen LogP contribution in [0, 0.1) is 0 Å². The molecular weight excluding hydrogens is 214 g/mol. The van der Waals surface area contributed by atoms with E-state index < -0.39 is 9.84 Å². The summed E-state index contributed by atoms with van der Waals surface area (Å²) in [5.74, 6) is 0. The zero-order valence-electron chi connectivity index (χ0n) is 9.44. The van der Waals surface area contributed by atoms with Crippen LogP contribution in [-0.2, 0) is 9.84 Å². The largest absolute Gasteiger partial charge is 0.396 e. The quantitative estimate of drug-likeness (QED) is 0.720. The zero-order chi connectivity index (χ0) is 11.5. The summed E-state index contributed by atoms with van der Waals surface area (Å²) >= 11 is 0. The van der Waals surface area contributed by atoms with E-state index in [1.54, 1.807) is 0 Å². The van der Waals surface area contributed by atoms with Crippen molar-refractivity contribution in [3.8, 4) is 0 Å². The standard InChI is InChI=1S/C10H21NO3S/c1-8(6-7-12)11-9-4-3-5-10(9)15(2,13)14/h8-12H,3-7H2,1-2H3/t8-,9?,10?/m1/s1. The molecule has 0 amide bonds. The minimum Gasteiger partial charge on any atom is -0.396 e. The van der Waals surface area contributed by atoms with E-state index in [1.807, 2.05) is 6.92 Å². The summed E-state index contributed by atoms with van der Waals surface area (Å²) in [6.07, 6.45) is 4.65. The average molecular weight is 235 g/mol. The highest BCUT2D eigenvalue weighted by molar-refractivity contribution is 7.91. The van der Waals surface area contributed by atoms with E-state index in [4.69, 9.17) is 5.11 Å². The summed E-state index contributed by atoms with van der Waals surface area (Å²) < 4.78 is 23.0. The lowest BCUT2D eigenvalue weighted by Crippen LogP contribution is -2.44. The molecule has 3 atom stereocenters. The Hall–Kier alpha value is -0.130. The van der Waals surface area contributed by atoms with Crippen LogP contribution in [0.5, 0.6) is 0 Å². The van der Waals surface area contributed by atoms with Crippen LogP contribution in [0.2, 0.25) is 0 Å². The van der Waals surface area contributed by atoms with Crippen molar-refractivity contribution in [2.45, 2.75) is 49.9 Å². The molecule has 1 fully saturated rings. The second-order valence-corrected chi connectivity index (χ2v) is 6.75. The molecule has 0 aromatic rings. The summed E-state index contributed by atoms with van der Waals surface area (Å²) in [6.45, 7) is 2.12. The average Bonchev–Trinajstić information content (AvgIpc) is 2.51. The number of rotatable bonds is 5. The Morgan fingerprint density at radius 2 is 2.13 bits per heavy atom. The van der Waals surface area contributed by atoms with Gasteiger partial charge in [0.25, 0.3) is 0 Å². The first kappa shape index (κ1) is 12.9. The Labute approximate surface area is 92.0 Å². The van der Waals surface area contributed by atoms with Gasteiger partial charge < -0.3 is 10.4 Å². The Kier molecular flexibility index (Phi) is 4.55. The second kappa shape index (κ2) is 5.27. The van der Waals surface area contributed by atoms with Crippen molar-refractivity contribution in [3.63, 3.8) is 0 Å². The van der Waals surface area contributed by atoms with Crippen molar-refractivity contribution in [2.24, 2.45) is 0 Å². The lowest BCUT2D eigenvalue weighted by molar-refractivity contribution is 0.263. The molecule has 1 aliphatic rings. The van der Waals surface area contributed by atoms with E-state index in [2.05, 4.69) is 5.32 Å². The first-order chi connectivity index (χ1) is 6.95. The Bertz CT molecular complexity index is 289. The monoisotopic (exact) mass is 235 g/mol. The molecule has 0 saturated heterocycles. The van der Waals surface area contributed by atoms with E-state index in [-0.39, 0.29) is 23.9 Å². The van der Waals surface area contributed by atoms with Crippen LogP contribution in [0.15, 0.2) is 0 Å². The maximum atomic E-state index is 11.5. The van der Waals surface area contributed by atoms with Gasteiger partial charge in [-0.3, -0.25) is 0 Å². The van der Waals surface area contributed by atoms with Crippen molar-refractivity contribution in [1.29, 1.82) is 0 Å². The molecule has 90 valence electrons. The summed E-state index contributed by atoms with van der Waals surface area (Å²) in [5, 5.41) is 11.8. The normalized spacial score (nSPS) is 29.3. The van der Waals surface area contributed by atoms with Gasteiger partial charge in [0, 0.05) is 24.9 Å². The molecule has 2 N–H and O–H groups in total. The van der Waals surface area contributed by atoms with Gasteiger partial charge in [-0.1, -0.05) is 6.42 Å². The van der Waals surface area contributed by atoms with Gasteiger partial charge >= 0.3 is 0 Å². The van der Waals surface area contributed by atoms with Crippen LogP contribution in [0.3, 0.4) is 0 Å². The van der Waals surface area contributed by atoms with E-state index in [0.29, 0.717) is 6.42 Å². The van der Waals surface area contributed by atoms with Gasteiger partial charge in [0.05, 0.1) is 5.25 Å². The predicted octanol–water partition coefficient (Wildman–Crippen LogP) is 0.313. The van der Waals surface area contributed by atoms with Crippen LogP contribution in [0.4, 0.5) is 0 Å². The van der Waals surface area contributed by atoms with Crippen molar-refractivity contribution in [2.75, 3.05) is 12.9 Å². The van der Waals surface area contributed by atoms with Crippen molar-refractivity contribution in [1.82, 2.24) is 5.32 Å². The second-order valence-electron chi connectivity index (χ2n) is 4.49. The lowest BCUT2D eigenvalue weighted by atomic mass is 10.2. The van der Waals surface area contributed by atoms with Crippen LogP contribution in [0.25, 0.3) is 0 Å². The number of nitrogens with one attached hydrogen (secondary N) is 1. The van der Waals surface area contributed by atoms with E-state index >= 15 is 0 Å². The van der Waals surface area contributed by atoms with Gasteiger partial charge in [-0.25, -0.2) is 8.42 Å².